The Bertz CT molecular complexity index is 936. The van der Waals surface area contributed by atoms with Gasteiger partial charge in [0.15, 0.2) is 11.6 Å². The SMILES string of the molecule is O=C(CO)N1CCN(c2c(F)cc(N3C[C@H](Cn4ccnn4)OC3=O)cc2F)CCO1. The van der Waals surface area contributed by atoms with Gasteiger partial charge >= 0.3 is 6.09 Å². The lowest BCUT2D eigenvalue weighted by Crippen LogP contribution is -2.36. The first kappa shape index (κ1) is 20.9. The van der Waals surface area contributed by atoms with E-state index in [1.54, 1.807) is 6.20 Å². The van der Waals surface area contributed by atoms with E-state index in [-0.39, 0.29) is 50.7 Å². The number of hydrogen-bond acceptors (Lipinski definition) is 8. The number of aliphatic hydroxyl groups excluding tert-OH is 1. The second kappa shape index (κ2) is 8.81. The third-order valence-corrected chi connectivity index (χ3v) is 4.96. The smallest absolute Gasteiger partial charge is 0.414 e. The third kappa shape index (κ3) is 4.41. The van der Waals surface area contributed by atoms with Crippen LogP contribution in [0.15, 0.2) is 24.5 Å². The van der Waals surface area contributed by atoms with Crippen LogP contribution >= 0.6 is 0 Å². The molecule has 2 saturated heterocycles. The maximum absolute atomic E-state index is 14.9. The minimum absolute atomic E-state index is 0.00872. The number of hydroxylamine groups is 2. The molecule has 1 aromatic carbocycles. The van der Waals surface area contributed by atoms with Gasteiger partial charge in [-0.15, -0.1) is 5.10 Å². The minimum Gasteiger partial charge on any atom is -0.442 e. The second-order valence-electron chi connectivity index (χ2n) is 6.97. The molecule has 31 heavy (non-hydrogen) atoms. The summed E-state index contributed by atoms with van der Waals surface area (Å²) < 4.78 is 36.5. The molecule has 0 aliphatic carbocycles. The standard InChI is InChI=1S/C18H20F2N6O5/c19-14-7-12(25-10-13(31-18(25)29)9-24-2-1-21-22-24)8-15(20)17(14)23-3-4-26(16(28)11-27)30-6-5-23/h1-2,7-8,13,27H,3-6,9-11H2/t13-/m0/s1. The third-order valence-electron chi connectivity index (χ3n) is 4.96. The number of halogens is 2. The van der Waals surface area contributed by atoms with E-state index in [9.17, 15) is 18.4 Å². The number of hydrogen-bond donors (Lipinski definition) is 1. The Morgan fingerprint density at radius 3 is 2.68 bits per heavy atom. The van der Waals surface area contributed by atoms with Crippen LogP contribution in [0.25, 0.3) is 0 Å². The Morgan fingerprint density at radius 1 is 1.23 bits per heavy atom. The van der Waals surface area contributed by atoms with Crippen molar-refractivity contribution in [3.05, 3.63) is 36.2 Å². The summed E-state index contributed by atoms with van der Waals surface area (Å²) in [4.78, 5) is 31.6. The Balaban J connectivity index is 1.48. The van der Waals surface area contributed by atoms with E-state index in [1.165, 1.54) is 15.8 Å². The molecule has 2 amide bonds. The zero-order valence-corrected chi connectivity index (χ0v) is 16.4. The van der Waals surface area contributed by atoms with E-state index < -0.39 is 36.3 Å². The van der Waals surface area contributed by atoms with Gasteiger partial charge in [-0.2, -0.15) is 0 Å². The second-order valence-corrected chi connectivity index (χ2v) is 6.97. The summed E-state index contributed by atoms with van der Waals surface area (Å²) >= 11 is 0. The topological polar surface area (TPSA) is 113 Å². The molecule has 0 saturated carbocycles. The largest absolute Gasteiger partial charge is 0.442 e. The van der Waals surface area contributed by atoms with E-state index in [1.807, 2.05) is 0 Å². The number of amides is 2. The van der Waals surface area contributed by atoms with Crippen molar-refractivity contribution in [3.63, 3.8) is 0 Å². The molecule has 1 aromatic heterocycles. The lowest BCUT2D eigenvalue weighted by atomic mass is 10.2. The molecule has 2 fully saturated rings. The Hall–Kier alpha value is -3.32. The summed E-state index contributed by atoms with van der Waals surface area (Å²) in [6, 6.07) is 2.14. The van der Waals surface area contributed by atoms with E-state index in [0.717, 1.165) is 22.1 Å². The van der Waals surface area contributed by atoms with Crippen molar-refractivity contribution < 1.29 is 33.1 Å². The summed E-state index contributed by atoms with van der Waals surface area (Å²) in [5, 5.41) is 17.4. The summed E-state index contributed by atoms with van der Waals surface area (Å²) in [7, 11) is 0. The highest BCUT2D eigenvalue weighted by Gasteiger charge is 2.34. The van der Waals surface area contributed by atoms with Crippen LogP contribution in [0.1, 0.15) is 0 Å². The van der Waals surface area contributed by atoms with Crippen LogP contribution in [-0.2, 0) is 20.9 Å². The Morgan fingerprint density at radius 2 is 2.00 bits per heavy atom. The first-order valence-electron chi connectivity index (χ1n) is 9.56. The number of ether oxygens (including phenoxy) is 1. The molecular formula is C18H20F2N6O5. The fourth-order valence-corrected chi connectivity index (χ4v) is 3.52. The zero-order chi connectivity index (χ0) is 22.0. The van der Waals surface area contributed by atoms with Crippen LogP contribution in [0.2, 0.25) is 0 Å². The van der Waals surface area contributed by atoms with Gasteiger partial charge in [-0.1, -0.05) is 5.21 Å². The van der Waals surface area contributed by atoms with Crippen molar-refractivity contribution in [3.8, 4) is 0 Å². The van der Waals surface area contributed by atoms with Crippen LogP contribution < -0.4 is 9.80 Å². The number of cyclic esters (lactones) is 1. The first-order valence-corrected chi connectivity index (χ1v) is 9.56. The number of aromatic nitrogens is 3. The lowest BCUT2D eigenvalue weighted by molar-refractivity contribution is -0.184. The van der Waals surface area contributed by atoms with E-state index >= 15 is 0 Å². The molecule has 11 nitrogen and oxygen atoms in total. The molecule has 1 N–H and O–H groups in total. The highest BCUT2D eigenvalue weighted by atomic mass is 19.1. The molecule has 2 aromatic rings. The first-order chi connectivity index (χ1) is 15.0. The van der Waals surface area contributed by atoms with Crippen molar-refractivity contribution in [2.75, 3.05) is 49.2 Å². The van der Waals surface area contributed by atoms with Gasteiger partial charge in [0, 0.05) is 31.4 Å². The monoisotopic (exact) mass is 438 g/mol. The van der Waals surface area contributed by atoms with Crippen molar-refractivity contribution in [2.24, 2.45) is 0 Å². The van der Waals surface area contributed by atoms with Crippen molar-refractivity contribution in [1.82, 2.24) is 20.1 Å². The van der Waals surface area contributed by atoms with Gasteiger partial charge in [-0.05, 0) is 0 Å². The molecule has 0 bridgehead atoms. The minimum atomic E-state index is -0.857. The molecule has 1 atom stereocenters. The van der Waals surface area contributed by atoms with Crippen LogP contribution in [0.5, 0.6) is 0 Å². The molecule has 0 unspecified atom stereocenters. The molecule has 4 rings (SSSR count). The quantitative estimate of drug-likeness (QED) is 0.702. The fourth-order valence-electron chi connectivity index (χ4n) is 3.52. The number of carbonyl (C=O) groups excluding carboxylic acids is 2. The molecule has 0 spiro atoms. The van der Waals surface area contributed by atoms with Crippen molar-refractivity contribution in [2.45, 2.75) is 12.6 Å². The number of aliphatic hydroxyl groups is 1. The Kier molecular flexibility index (Phi) is 5.95. The lowest BCUT2D eigenvalue weighted by Gasteiger charge is -2.24. The molecule has 0 radical (unpaired) electrons. The van der Waals surface area contributed by atoms with Gasteiger partial charge in [-0.3, -0.25) is 14.5 Å². The average molecular weight is 438 g/mol. The zero-order valence-electron chi connectivity index (χ0n) is 16.4. The summed E-state index contributed by atoms with van der Waals surface area (Å²) in [5.74, 6) is -2.35. The van der Waals surface area contributed by atoms with E-state index in [0.29, 0.717) is 0 Å². The average Bonchev–Trinajstić information content (AvgIpc) is 3.31. The highest BCUT2D eigenvalue weighted by Crippen LogP contribution is 2.31. The summed E-state index contributed by atoms with van der Waals surface area (Å²) in [6.45, 7) is -0.0773. The predicted octanol–water partition coefficient (Wildman–Crippen LogP) is 0.154. The van der Waals surface area contributed by atoms with Gasteiger partial charge in [0.05, 0.1) is 38.1 Å². The molecular weight excluding hydrogens is 418 g/mol. The number of carbonyl (C=O) groups is 2. The molecule has 2 aliphatic rings. The van der Waals surface area contributed by atoms with Gasteiger partial charge in [0.1, 0.15) is 18.4 Å². The van der Waals surface area contributed by atoms with Gasteiger partial charge < -0.3 is 14.7 Å². The van der Waals surface area contributed by atoms with Crippen LogP contribution in [0.3, 0.4) is 0 Å². The van der Waals surface area contributed by atoms with Crippen molar-refractivity contribution >= 4 is 23.4 Å². The van der Waals surface area contributed by atoms with Crippen LogP contribution in [0.4, 0.5) is 25.0 Å². The maximum Gasteiger partial charge on any atom is 0.414 e. The van der Waals surface area contributed by atoms with E-state index in [2.05, 4.69) is 10.3 Å². The van der Waals surface area contributed by atoms with Gasteiger partial charge in [0.25, 0.3) is 5.91 Å². The predicted molar refractivity (Wildman–Crippen MR) is 101 cm³/mol. The Labute approximate surface area is 175 Å². The van der Waals surface area contributed by atoms with Gasteiger partial charge in [-0.25, -0.2) is 23.3 Å². The van der Waals surface area contributed by atoms with Crippen LogP contribution in [0, 0.1) is 11.6 Å². The van der Waals surface area contributed by atoms with E-state index in [4.69, 9.17) is 14.7 Å². The van der Waals surface area contributed by atoms with Crippen molar-refractivity contribution in [1.29, 1.82) is 0 Å². The molecule has 166 valence electrons. The number of nitrogens with zero attached hydrogens (tertiary/aromatic N) is 6. The van der Waals surface area contributed by atoms with Crippen LogP contribution in [-0.4, -0.2) is 82.7 Å². The molecule has 13 heteroatoms. The normalized spacial score (nSPS) is 19.5. The molecule has 2 aliphatic heterocycles. The fraction of sp³-hybridized carbons (Fsp3) is 0.444. The van der Waals surface area contributed by atoms with Gasteiger partial charge in [0.2, 0.25) is 0 Å². The molecule has 3 heterocycles. The number of benzene rings is 1. The maximum atomic E-state index is 14.9. The summed E-state index contributed by atoms with van der Waals surface area (Å²) in [6.07, 6.45) is 1.85. The number of rotatable bonds is 5. The number of anilines is 2. The highest BCUT2D eigenvalue weighted by molar-refractivity contribution is 5.90. The summed E-state index contributed by atoms with van der Waals surface area (Å²) in [5.41, 5.74) is -0.245.